The first kappa shape index (κ1) is 16.0. The Hall–Kier alpha value is -1.06. The molecular formula is C15H27NO3. The molecule has 0 spiro atoms. The minimum Gasteiger partial charge on any atom is -0.481 e. The van der Waals surface area contributed by atoms with Crippen LogP contribution in [0.5, 0.6) is 0 Å². The highest BCUT2D eigenvalue weighted by molar-refractivity contribution is 5.78. The molecule has 1 saturated carbocycles. The summed E-state index contributed by atoms with van der Waals surface area (Å²) in [4.78, 5) is 23.0. The number of carboxylic acid groups (broad SMARTS) is 1. The van der Waals surface area contributed by atoms with Gasteiger partial charge in [0.2, 0.25) is 5.91 Å². The standard InChI is InChI=1S/C15H27NO3/c1-15(2,14(18)19)10-11-16-13(17)12-8-6-4-3-5-7-9-12/h12H,3-11H2,1-2H3,(H,16,17)(H,18,19). The van der Waals surface area contributed by atoms with Crippen molar-refractivity contribution in [2.24, 2.45) is 11.3 Å². The lowest BCUT2D eigenvalue weighted by Gasteiger charge is -2.22. The maximum Gasteiger partial charge on any atom is 0.309 e. The number of hydrogen-bond donors (Lipinski definition) is 2. The van der Waals surface area contributed by atoms with E-state index in [0.717, 1.165) is 25.7 Å². The fraction of sp³-hybridized carbons (Fsp3) is 0.867. The molecule has 1 amide bonds. The van der Waals surface area contributed by atoms with Gasteiger partial charge in [0.15, 0.2) is 0 Å². The van der Waals surface area contributed by atoms with Crippen LogP contribution in [0.1, 0.15) is 65.2 Å². The second-order valence-electron chi connectivity index (χ2n) is 6.27. The summed E-state index contributed by atoms with van der Waals surface area (Å²) in [6.45, 7) is 3.84. The Kier molecular flexibility index (Phi) is 6.32. The molecule has 1 fully saturated rings. The summed E-state index contributed by atoms with van der Waals surface area (Å²) >= 11 is 0. The number of carbonyl (C=O) groups is 2. The second-order valence-corrected chi connectivity index (χ2v) is 6.27. The van der Waals surface area contributed by atoms with Crippen molar-refractivity contribution in [2.75, 3.05) is 6.54 Å². The Balaban J connectivity index is 2.31. The average Bonchev–Trinajstić information content (AvgIpc) is 2.27. The predicted molar refractivity (Wildman–Crippen MR) is 74.9 cm³/mol. The summed E-state index contributed by atoms with van der Waals surface area (Å²) < 4.78 is 0. The Morgan fingerprint density at radius 2 is 1.63 bits per heavy atom. The number of aliphatic carboxylic acids is 1. The number of hydrogen-bond acceptors (Lipinski definition) is 2. The monoisotopic (exact) mass is 269 g/mol. The van der Waals surface area contributed by atoms with E-state index < -0.39 is 11.4 Å². The molecule has 1 aliphatic carbocycles. The Morgan fingerprint density at radius 3 is 2.16 bits per heavy atom. The molecule has 0 aromatic carbocycles. The van der Waals surface area contributed by atoms with Crippen LogP contribution in [-0.4, -0.2) is 23.5 Å². The van der Waals surface area contributed by atoms with Gasteiger partial charge in [0.25, 0.3) is 0 Å². The van der Waals surface area contributed by atoms with E-state index >= 15 is 0 Å². The molecule has 0 atom stereocenters. The molecule has 1 aliphatic rings. The van der Waals surface area contributed by atoms with Crippen LogP contribution in [0, 0.1) is 11.3 Å². The highest BCUT2D eigenvalue weighted by Crippen LogP contribution is 2.23. The highest BCUT2D eigenvalue weighted by Gasteiger charge is 2.27. The zero-order chi connectivity index (χ0) is 14.3. The second kappa shape index (κ2) is 7.51. The van der Waals surface area contributed by atoms with Gasteiger partial charge in [-0.3, -0.25) is 9.59 Å². The van der Waals surface area contributed by atoms with Crippen LogP contribution in [0.25, 0.3) is 0 Å². The van der Waals surface area contributed by atoms with E-state index in [2.05, 4.69) is 5.32 Å². The molecular weight excluding hydrogens is 242 g/mol. The summed E-state index contributed by atoms with van der Waals surface area (Å²) in [5.74, 6) is -0.566. The number of carboxylic acids is 1. The van der Waals surface area contributed by atoms with Crippen molar-refractivity contribution in [1.29, 1.82) is 0 Å². The molecule has 0 radical (unpaired) electrons. The Bertz CT molecular complexity index is 305. The Labute approximate surface area is 116 Å². The third-order valence-corrected chi connectivity index (χ3v) is 4.10. The van der Waals surface area contributed by atoms with Gasteiger partial charge in [-0.05, 0) is 33.1 Å². The smallest absolute Gasteiger partial charge is 0.309 e. The van der Waals surface area contributed by atoms with Gasteiger partial charge < -0.3 is 10.4 Å². The lowest BCUT2D eigenvalue weighted by atomic mass is 9.88. The first-order chi connectivity index (χ1) is 8.93. The summed E-state index contributed by atoms with van der Waals surface area (Å²) in [5.41, 5.74) is -0.770. The largest absolute Gasteiger partial charge is 0.481 e. The average molecular weight is 269 g/mol. The van der Waals surface area contributed by atoms with Crippen LogP contribution in [0.4, 0.5) is 0 Å². The predicted octanol–water partition coefficient (Wildman–Crippen LogP) is 2.96. The van der Waals surface area contributed by atoms with Gasteiger partial charge in [-0.15, -0.1) is 0 Å². The van der Waals surface area contributed by atoms with E-state index in [4.69, 9.17) is 5.11 Å². The first-order valence-corrected chi connectivity index (χ1v) is 7.44. The molecule has 4 heteroatoms. The topological polar surface area (TPSA) is 66.4 Å². The lowest BCUT2D eigenvalue weighted by Crippen LogP contribution is -2.35. The Morgan fingerprint density at radius 1 is 1.11 bits per heavy atom. The van der Waals surface area contributed by atoms with E-state index in [1.54, 1.807) is 13.8 Å². The van der Waals surface area contributed by atoms with Crippen molar-refractivity contribution in [3.05, 3.63) is 0 Å². The zero-order valence-electron chi connectivity index (χ0n) is 12.2. The summed E-state index contributed by atoms with van der Waals surface area (Å²) in [6, 6.07) is 0. The van der Waals surface area contributed by atoms with E-state index in [1.165, 1.54) is 19.3 Å². The molecule has 0 bridgehead atoms. The van der Waals surface area contributed by atoms with Crippen molar-refractivity contribution >= 4 is 11.9 Å². The number of amides is 1. The minimum atomic E-state index is -0.812. The van der Waals surface area contributed by atoms with E-state index in [0.29, 0.717) is 13.0 Å². The quantitative estimate of drug-likeness (QED) is 0.806. The number of rotatable bonds is 5. The van der Waals surface area contributed by atoms with Crippen molar-refractivity contribution in [1.82, 2.24) is 5.32 Å². The fourth-order valence-electron chi connectivity index (χ4n) is 2.47. The maximum atomic E-state index is 12.1. The van der Waals surface area contributed by atoms with Crippen LogP contribution in [-0.2, 0) is 9.59 Å². The van der Waals surface area contributed by atoms with E-state index in [-0.39, 0.29) is 11.8 Å². The van der Waals surface area contributed by atoms with Crippen molar-refractivity contribution in [3.63, 3.8) is 0 Å². The highest BCUT2D eigenvalue weighted by atomic mass is 16.4. The van der Waals surface area contributed by atoms with Crippen molar-refractivity contribution in [2.45, 2.75) is 65.2 Å². The van der Waals surface area contributed by atoms with Gasteiger partial charge >= 0.3 is 5.97 Å². The summed E-state index contributed by atoms with van der Waals surface area (Å²) in [6.07, 6.45) is 8.47. The molecule has 4 nitrogen and oxygen atoms in total. The van der Waals surface area contributed by atoms with E-state index in [1.807, 2.05) is 0 Å². The van der Waals surface area contributed by atoms with Crippen LogP contribution >= 0.6 is 0 Å². The zero-order valence-corrected chi connectivity index (χ0v) is 12.2. The molecule has 0 unspecified atom stereocenters. The van der Waals surface area contributed by atoms with Gasteiger partial charge in [0, 0.05) is 12.5 Å². The molecule has 2 N–H and O–H groups in total. The fourth-order valence-corrected chi connectivity index (χ4v) is 2.47. The molecule has 0 saturated heterocycles. The molecule has 110 valence electrons. The van der Waals surface area contributed by atoms with E-state index in [9.17, 15) is 9.59 Å². The molecule has 0 heterocycles. The normalized spacial score (nSPS) is 18.4. The van der Waals surface area contributed by atoms with Crippen LogP contribution in [0.15, 0.2) is 0 Å². The SMILES string of the molecule is CC(C)(CCNC(=O)C1CCCCCCC1)C(=O)O. The van der Waals surface area contributed by atoms with Gasteiger partial charge in [0.1, 0.15) is 0 Å². The molecule has 1 rings (SSSR count). The third-order valence-electron chi connectivity index (χ3n) is 4.10. The van der Waals surface area contributed by atoms with Gasteiger partial charge in [-0.25, -0.2) is 0 Å². The summed E-state index contributed by atoms with van der Waals surface area (Å²) in [7, 11) is 0. The minimum absolute atomic E-state index is 0.114. The molecule has 0 aromatic rings. The van der Waals surface area contributed by atoms with Gasteiger partial charge in [0.05, 0.1) is 5.41 Å². The third kappa shape index (κ3) is 5.62. The lowest BCUT2D eigenvalue weighted by molar-refractivity contribution is -0.147. The first-order valence-electron chi connectivity index (χ1n) is 7.44. The summed E-state index contributed by atoms with van der Waals surface area (Å²) in [5, 5.41) is 11.9. The molecule has 0 aromatic heterocycles. The number of carbonyl (C=O) groups excluding carboxylic acids is 1. The van der Waals surface area contributed by atoms with Crippen LogP contribution in [0.3, 0.4) is 0 Å². The van der Waals surface area contributed by atoms with Crippen LogP contribution in [0.2, 0.25) is 0 Å². The van der Waals surface area contributed by atoms with Crippen molar-refractivity contribution in [3.8, 4) is 0 Å². The number of nitrogens with one attached hydrogen (secondary N) is 1. The molecule has 0 aliphatic heterocycles. The molecule has 19 heavy (non-hydrogen) atoms. The maximum absolute atomic E-state index is 12.1. The van der Waals surface area contributed by atoms with Crippen molar-refractivity contribution < 1.29 is 14.7 Å². The van der Waals surface area contributed by atoms with Gasteiger partial charge in [-0.2, -0.15) is 0 Å². The van der Waals surface area contributed by atoms with Gasteiger partial charge in [-0.1, -0.05) is 32.1 Å². The van der Waals surface area contributed by atoms with Crippen LogP contribution < -0.4 is 5.32 Å².